The first-order valence-electron chi connectivity index (χ1n) is 6.22. The van der Waals surface area contributed by atoms with Gasteiger partial charge in [0.1, 0.15) is 5.78 Å². The van der Waals surface area contributed by atoms with Crippen LogP contribution >= 0.6 is 0 Å². The normalized spacial score (nSPS) is 26.7. The second-order valence-corrected chi connectivity index (χ2v) is 7.03. The number of hydrogen-bond donors (Lipinski definition) is 0. The number of carbonyl (C=O) groups excluding carboxylic acids is 1. The summed E-state index contributed by atoms with van der Waals surface area (Å²) in [5, 5.41) is 0. The molecule has 1 atom stereocenters. The van der Waals surface area contributed by atoms with Crippen molar-refractivity contribution < 1.29 is 4.79 Å². The van der Waals surface area contributed by atoms with Crippen molar-refractivity contribution in [3.05, 3.63) is 0 Å². The summed E-state index contributed by atoms with van der Waals surface area (Å²) in [6, 6.07) is 0. The highest BCUT2D eigenvalue weighted by molar-refractivity contribution is 5.79. The van der Waals surface area contributed by atoms with Crippen LogP contribution in [0.2, 0.25) is 0 Å². The number of rotatable bonds is 2. The lowest BCUT2D eigenvalue weighted by Crippen LogP contribution is -2.32. The highest BCUT2D eigenvalue weighted by Crippen LogP contribution is 2.43. The topological polar surface area (TPSA) is 17.1 Å². The first-order valence-corrected chi connectivity index (χ1v) is 6.22. The number of ketones is 1. The van der Waals surface area contributed by atoms with Crippen molar-refractivity contribution in [2.75, 3.05) is 0 Å². The Morgan fingerprint density at radius 1 is 1.33 bits per heavy atom. The van der Waals surface area contributed by atoms with E-state index in [1.165, 1.54) is 12.8 Å². The summed E-state index contributed by atoms with van der Waals surface area (Å²) in [5.74, 6) is 1.09. The molecule has 1 aliphatic rings. The van der Waals surface area contributed by atoms with Gasteiger partial charge >= 0.3 is 0 Å². The van der Waals surface area contributed by atoms with Crippen molar-refractivity contribution in [1.82, 2.24) is 0 Å². The second kappa shape index (κ2) is 4.27. The Morgan fingerprint density at radius 3 is 2.47 bits per heavy atom. The van der Waals surface area contributed by atoms with E-state index in [-0.39, 0.29) is 0 Å². The maximum atomic E-state index is 11.5. The Balaban J connectivity index is 2.54. The van der Waals surface area contributed by atoms with Crippen molar-refractivity contribution in [2.45, 2.75) is 66.7 Å². The maximum absolute atomic E-state index is 11.5. The van der Waals surface area contributed by atoms with E-state index in [2.05, 4.69) is 34.6 Å². The Morgan fingerprint density at radius 2 is 1.93 bits per heavy atom. The molecule has 1 fully saturated rings. The predicted molar refractivity (Wildman–Crippen MR) is 64.8 cm³/mol. The molecule has 0 spiro atoms. The van der Waals surface area contributed by atoms with E-state index in [1.54, 1.807) is 0 Å². The van der Waals surface area contributed by atoms with Gasteiger partial charge in [-0.2, -0.15) is 0 Å². The van der Waals surface area contributed by atoms with Gasteiger partial charge in [0.15, 0.2) is 0 Å². The van der Waals surface area contributed by atoms with Crippen LogP contribution in [0.15, 0.2) is 0 Å². The summed E-state index contributed by atoms with van der Waals surface area (Å²) in [4.78, 5) is 11.5. The molecule has 1 rings (SSSR count). The molecule has 88 valence electrons. The Labute approximate surface area is 94.6 Å². The minimum absolute atomic E-state index is 0.374. The SMILES string of the molecule is CC(C)(C)CC[C@H]1CC(=O)CCC1(C)C. The van der Waals surface area contributed by atoms with Crippen LogP contribution in [0.3, 0.4) is 0 Å². The molecule has 0 radical (unpaired) electrons. The monoisotopic (exact) mass is 210 g/mol. The molecular formula is C14H26O. The zero-order chi connectivity index (χ0) is 11.7. The van der Waals surface area contributed by atoms with Crippen LogP contribution in [-0.4, -0.2) is 5.78 Å². The van der Waals surface area contributed by atoms with Gasteiger partial charge in [0, 0.05) is 12.8 Å². The summed E-state index contributed by atoms with van der Waals surface area (Å²) >= 11 is 0. The zero-order valence-electron chi connectivity index (χ0n) is 11.0. The van der Waals surface area contributed by atoms with E-state index in [4.69, 9.17) is 0 Å². The fourth-order valence-corrected chi connectivity index (χ4v) is 2.42. The van der Waals surface area contributed by atoms with E-state index in [0.29, 0.717) is 22.5 Å². The van der Waals surface area contributed by atoms with Crippen LogP contribution in [-0.2, 0) is 4.79 Å². The van der Waals surface area contributed by atoms with Crippen LogP contribution in [0.25, 0.3) is 0 Å². The Kier molecular flexibility index (Phi) is 3.63. The molecule has 0 aromatic carbocycles. The van der Waals surface area contributed by atoms with Gasteiger partial charge in [0.2, 0.25) is 0 Å². The molecule has 0 aliphatic heterocycles. The molecule has 0 N–H and O–H groups in total. The summed E-state index contributed by atoms with van der Waals surface area (Å²) in [6.45, 7) is 11.5. The fraction of sp³-hybridized carbons (Fsp3) is 0.929. The third-order valence-electron chi connectivity index (χ3n) is 3.87. The summed E-state index contributed by atoms with van der Waals surface area (Å²) < 4.78 is 0. The summed E-state index contributed by atoms with van der Waals surface area (Å²) in [7, 11) is 0. The van der Waals surface area contributed by atoms with E-state index >= 15 is 0 Å². The molecular weight excluding hydrogens is 184 g/mol. The van der Waals surface area contributed by atoms with Gasteiger partial charge in [-0.25, -0.2) is 0 Å². The molecule has 0 aromatic heterocycles. The molecule has 1 nitrogen and oxygen atoms in total. The average molecular weight is 210 g/mol. The van der Waals surface area contributed by atoms with Crippen molar-refractivity contribution in [3.63, 3.8) is 0 Å². The standard InChI is InChI=1S/C14H26O/c1-13(2,3)8-6-11-10-12(15)7-9-14(11,4)5/h11H,6-10H2,1-5H3/t11-/m0/s1. The zero-order valence-corrected chi connectivity index (χ0v) is 11.0. The lowest BCUT2D eigenvalue weighted by molar-refractivity contribution is -0.124. The molecule has 0 amide bonds. The van der Waals surface area contributed by atoms with E-state index in [1.807, 2.05) is 0 Å². The molecule has 1 aliphatic carbocycles. The predicted octanol–water partition coefficient (Wildman–Crippen LogP) is 4.21. The number of hydrogen-bond acceptors (Lipinski definition) is 1. The first-order chi connectivity index (χ1) is 6.71. The minimum atomic E-state index is 0.374. The van der Waals surface area contributed by atoms with E-state index in [9.17, 15) is 4.79 Å². The minimum Gasteiger partial charge on any atom is -0.300 e. The largest absolute Gasteiger partial charge is 0.300 e. The highest BCUT2D eigenvalue weighted by atomic mass is 16.1. The van der Waals surface area contributed by atoms with Gasteiger partial charge in [-0.15, -0.1) is 0 Å². The fourth-order valence-electron chi connectivity index (χ4n) is 2.42. The van der Waals surface area contributed by atoms with Crippen LogP contribution in [0.4, 0.5) is 0 Å². The van der Waals surface area contributed by atoms with Crippen molar-refractivity contribution in [1.29, 1.82) is 0 Å². The molecule has 0 aromatic rings. The van der Waals surface area contributed by atoms with E-state index in [0.717, 1.165) is 19.3 Å². The molecule has 15 heavy (non-hydrogen) atoms. The third-order valence-corrected chi connectivity index (χ3v) is 3.87. The van der Waals surface area contributed by atoms with Gasteiger partial charge in [-0.1, -0.05) is 34.6 Å². The first kappa shape index (κ1) is 12.7. The van der Waals surface area contributed by atoms with Crippen molar-refractivity contribution >= 4 is 5.78 Å². The molecule has 0 heterocycles. The quantitative estimate of drug-likeness (QED) is 0.667. The van der Waals surface area contributed by atoms with Crippen LogP contribution in [0.1, 0.15) is 66.7 Å². The lowest BCUT2D eigenvalue weighted by Gasteiger charge is -2.39. The smallest absolute Gasteiger partial charge is 0.133 e. The van der Waals surface area contributed by atoms with Crippen molar-refractivity contribution in [2.24, 2.45) is 16.7 Å². The van der Waals surface area contributed by atoms with Gasteiger partial charge in [-0.05, 0) is 36.0 Å². The maximum Gasteiger partial charge on any atom is 0.133 e. The van der Waals surface area contributed by atoms with Crippen LogP contribution in [0.5, 0.6) is 0 Å². The van der Waals surface area contributed by atoms with Gasteiger partial charge < -0.3 is 0 Å². The van der Waals surface area contributed by atoms with E-state index < -0.39 is 0 Å². The molecule has 0 bridgehead atoms. The van der Waals surface area contributed by atoms with Crippen LogP contribution < -0.4 is 0 Å². The molecule has 1 heteroatoms. The van der Waals surface area contributed by atoms with Crippen LogP contribution in [0, 0.1) is 16.7 Å². The molecule has 1 saturated carbocycles. The lowest BCUT2D eigenvalue weighted by atomic mass is 9.65. The average Bonchev–Trinajstić information content (AvgIpc) is 2.05. The molecule has 0 saturated heterocycles. The summed E-state index contributed by atoms with van der Waals surface area (Å²) in [6.07, 6.45) is 5.15. The Bertz CT molecular complexity index is 232. The number of Topliss-reactive ketones (excluding diaryl/α,β-unsaturated/α-hetero) is 1. The van der Waals surface area contributed by atoms with Gasteiger partial charge in [-0.3, -0.25) is 4.79 Å². The van der Waals surface area contributed by atoms with Gasteiger partial charge in [0.05, 0.1) is 0 Å². The van der Waals surface area contributed by atoms with Gasteiger partial charge in [0.25, 0.3) is 0 Å². The highest BCUT2D eigenvalue weighted by Gasteiger charge is 2.35. The second-order valence-electron chi connectivity index (χ2n) is 7.03. The molecule has 0 unspecified atom stereocenters. The Hall–Kier alpha value is -0.330. The third kappa shape index (κ3) is 3.96. The number of carbonyl (C=O) groups is 1. The summed E-state index contributed by atoms with van der Waals surface area (Å²) in [5.41, 5.74) is 0.774. The van der Waals surface area contributed by atoms with Crippen molar-refractivity contribution in [3.8, 4) is 0 Å².